The average Bonchev–Trinajstić information content (AvgIpc) is 2.96. The molecule has 3 aromatic rings. The van der Waals surface area contributed by atoms with Crippen molar-refractivity contribution in [1.82, 2.24) is 24.8 Å². The number of aryl methyl sites for hydroxylation is 2. The molecule has 0 radical (unpaired) electrons. The smallest absolute Gasteiger partial charge is 0.178 e. The van der Waals surface area contributed by atoms with E-state index >= 15 is 0 Å². The highest BCUT2D eigenvalue weighted by Gasteiger charge is 2.12. The Hall–Kier alpha value is -2.82. The van der Waals surface area contributed by atoms with Crippen molar-refractivity contribution in [3.63, 3.8) is 0 Å². The van der Waals surface area contributed by atoms with Crippen LogP contribution in [0.4, 0.5) is 0 Å². The van der Waals surface area contributed by atoms with Crippen molar-refractivity contribution in [2.45, 2.75) is 26.7 Å². The van der Waals surface area contributed by atoms with Gasteiger partial charge in [-0.05, 0) is 60.8 Å². The van der Waals surface area contributed by atoms with Crippen molar-refractivity contribution in [1.29, 1.82) is 0 Å². The molecule has 0 aliphatic heterocycles. The molecule has 0 saturated heterocycles. The highest BCUT2D eigenvalue weighted by Crippen LogP contribution is 2.23. The van der Waals surface area contributed by atoms with Gasteiger partial charge in [0.25, 0.3) is 0 Å². The molecule has 114 valence electrons. The molecule has 3 aromatic heterocycles. The van der Waals surface area contributed by atoms with Crippen LogP contribution in [0.25, 0.3) is 17.8 Å². The Labute approximate surface area is 134 Å². The minimum Gasteiger partial charge on any atom is -0.256 e. The van der Waals surface area contributed by atoms with E-state index in [9.17, 15) is 0 Å². The van der Waals surface area contributed by atoms with Crippen molar-refractivity contribution >= 4 is 17.8 Å². The molecule has 0 spiro atoms. The third kappa shape index (κ3) is 2.54. The number of hydrogen-bond donors (Lipinski definition) is 0. The van der Waals surface area contributed by atoms with Gasteiger partial charge in [0.05, 0.1) is 11.4 Å². The van der Waals surface area contributed by atoms with Gasteiger partial charge in [-0.25, -0.2) is 0 Å². The van der Waals surface area contributed by atoms with E-state index < -0.39 is 0 Å². The van der Waals surface area contributed by atoms with Gasteiger partial charge < -0.3 is 0 Å². The van der Waals surface area contributed by atoms with Crippen LogP contribution in [-0.4, -0.2) is 24.8 Å². The lowest BCUT2D eigenvalue weighted by atomic mass is 9.95. The van der Waals surface area contributed by atoms with E-state index in [0.717, 1.165) is 35.7 Å². The van der Waals surface area contributed by atoms with E-state index in [1.165, 1.54) is 16.7 Å². The summed E-state index contributed by atoms with van der Waals surface area (Å²) in [7, 11) is 0. The molecule has 0 unspecified atom stereocenters. The fraction of sp³-hybridized carbons (Fsp3) is 0.222. The Bertz CT molecular complexity index is 949. The number of fused-ring (bicyclic) bond motifs is 2. The first-order valence-corrected chi connectivity index (χ1v) is 7.78. The maximum Gasteiger partial charge on any atom is 0.178 e. The first kappa shape index (κ1) is 13.8. The van der Waals surface area contributed by atoms with E-state index in [1.807, 2.05) is 31.3 Å². The highest BCUT2D eigenvalue weighted by molar-refractivity contribution is 5.65. The molecule has 0 atom stereocenters. The lowest BCUT2D eigenvalue weighted by Gasteiger charge is -2.13. The van der Waals surface area contributed by atoms with Crippen LogP contribution < -0.4 is 0 Å². The fourth-order valence-electron chi connectivity index (χ4n) is 2.77. The lowest BCUT2D eigenvalue weighted by Crippen LogP contribution is -2.02. The third-order valence-corrected chi connectivity index (χ3v) is 4.05. The lowest BCUT2D eigenvalue weighted by molar-refractivity contribution is 0.880. The van der Waals surface area contributed by atoms with Crippen molar-refractivity contribution in [2.75, 3.05) is 0 Å². The van der Waals surface area contributed by atoms with Gasteiger partial charge in [0.15, 0.2) is 11.5 Å². The molecule has 0 bridgehead atoms. The zero-order valence-corrected chi connectivity index (χ0v) is 13.2. The summed E-state index contributed by atoms with van der Waals surface area (Å²) in [4.78, 5) is 4.52. The summed E-state index contributed by atoms with van der Waals surface area (Å²) in [5.74, 6) is 0.756. The largest absolute Gasteiger partial charge is 0.256 e. The van der Waals surface area contributed by atoms with Crippen molar-refractivity contribution in [2.24, 2.45) is 0 Å². The SMILES string of the molecule is CCc1cnc2c(c1)CC(=Cc1nnc3ccc(C)nn13)C=C2. The van der Waals surface area contributed by atoms with Crippen LogP contribution >= 0.6 is 0 Å². The Kier molecular flexibility index (Phi) is 3.26. The average molecular weight is 303 g/mol. The van der Waals surface area contributed by atoms with E-state index in [-0.39, 0.29) is 0 Å². The predicted molar refractivity (Wildman–Crippen MR) is 89.8 cm³/mol. The zero-order valence-electron chi connectivity index (χ0n) is 13.2. The molecule has 5 nitrogen and oxygen atoms in total. The first-order chi connectivity index (χ1) is 11.2. The first-order valence-electron chi connectivity index (χ1n) is 7.78. The van der Waals surface area contributed by atoms with Crippen LogP contribution in [0.15, 0.2) is 36.0 Å². The molecule has 0 aromatic carbocycles. The van der Waals surface area contributed by atoms with Crippen LogP contribution in [0.1, 0.15) is 35.3 Å². The zero-order chi connectivity index (χ0) is 15.8. The molecule has 0 saturated carbocycles. The van der Waals surface area contributed by atoms with Gasteiger partial charge in [-0.1, -0.05) is 19.1 Å². The molecule has 0 fully saturated rings. The van der Waals surface area contributed by atoms with Crippen molar-refractivity contribution < 1.29 is 0 Å². The molecule has 3 heterocycles. The van der Waals surface area contributed by atoms with E-state index in [4.69, 9.17) is 0 Å². The number of pyridine rings is 1. The third-order valence-electron chi connectivity index (χ3n) is 4.05. The molecule has 1 aliphatic carbocycles. The van der Waals surface area contributed by atoms with E-state index in [0.29, 0.717) is 0 Å². The number of aromatic nitrogens is 5. The summed E-state index contributed by atoms with van der Waals surface area (Å²) in [5, 5.41) is 12.9. The van der Waals surface area contributed by atoms with Gasteiger partial charge in [0.2, 0.25) is 0 Å². The quantitative estimate of drug-likeness (QED) is 0.730. The van der Waals surface area contributed by atoms with Gasteiger partial charge in [0.1, 0.15) is 0 Å². The van der Waals surface area contributed by atoms with Gasteiger partial charge in [0, 0.05) is 6.20 Å². The minimum atomic E-state index is 0.756. The Morgan fingerprint density at radius 2 is 2.13 bits per heavy atom. The topological polar surface area (TPSA) is 56.0 Å². The second kappa shape index (κ2) is 5.43. The monoisotopic (exact) mass is 303 g/mol. The van der Waals surface area contributed by atoms with Crippen LogP contribution in [0.5, 0.6) is 0 Å². The van der Waals surface area contributed by atoms with Gasteiger partial charge in [-0.15, -0.1) is 10.2 Å². The Morgan fingerprint density at radius 1 is 1.22 bits per heavy atom. The number of hydrogen-bond acceptors (Lipinski definition) is 4. The van der Waals surface area contributed by atoms with Crippen molar-refractivity contribution in [3.05, 3.63) is 64.4 Å². The Morgan fingerprint density at radius 3 is 3.00 bits per heavy atom. The normalized spacial score (nSPS) is 15.3. The maximum absolute atomic E-state index is 4.52. The molecule has 0 amide bonds. The molecule has 0 N–H and O–H groups in total. The summed E-state index contributed by atoms with van der Waals surface area (Å²) < 4.78 is 1.78. The summed E-state index contributed by atoms with van der Waals surface area (Å²) in [6.07, 6.45) is 10.0. The highest BCUT2D eigenvalue weighted by atomic mass is 15.4. The van der Waals surface area contributed by atoms with Gasteiger partial charge in [-0.2, -0.15) is 9.61 Å². The molecular formula is C18H17N5. The molecular weight excluding hydrogens is 286 g/mol. The van der Waals surface area contributed by atoms with Crippen LogP contribution in [0, 0.1) is 6.92 Å². The van der Waals surface area contributed by atoms with Gasteiger partial charge in [-0.3, -0.25) is 4.98 Å². The fourth-order valence-corrected chi connectivity index (χ4v) is 2.77. The predicted octanol–water partition coefficient (Wildman–Crippen LogP) is 3.04. The second-order valence-electron chi connectivity index (χ2n) is 5.77. The number of rotatable bonds is 2. The number of nitrogens with zero attached hydrogens (tertiary/aromatic N) is 5. The van der Waals surface area contributed by atoms with Crippen LogP contribution in [-0.2, 0) is 12.8 Å². The molecule has 1 aliphatic rings. The number of allylic oxidation sites excluding steroid dienone is 2. The van der Waals surface area contributed by atoms with Crippen LogP contribution in [0.3, 0.4) is 0 Å². The summed E-state index contributed by atoms with van der Waals surface area (Å²) in [6, 6.07) is 6.11. The van der Waals surface area contributed by atoms with E-state index in [2.05, 4.69) is 45.4 Å². The minimum absolute atomic E-state index is 0.756. The standard InChI is InChI=1S/C18H17N5/c1-3-13-8-15-9-14(5-6-16(15)19-11-13)10-18-21-20-17-7-4-12(2)22-23(17)18/h4-8,10-11H,3,9H2,1-2H3. The summed E-state index contributed by atoms with van der Waals surface area (Å²) in [6.45, 7) is 4.11. The summed E-state index contributed by atoms with van der Waals surface area (Å²) in [5.41, 5.74) is 6.47. The molecule has 5 heteroatoms. The maximum atomic E-state index is 4.52. The van der Waals surface area contributed by atoms with E-state index in [1.54, 1.807) is 4.52 Å². The summed E-state index contributed by atoms with van der Waals surface area (Å²) >= 11 is 0. The molecule has 4 rings (SSSR count). The molecule has 23 heavy (non-hydrogen) atoms. The van der Waals surface area contributed by atoms with Crippen molar-refractivity contribution in [3.8, 4) is 0 Å². The van der Waals surface area contributed by atoms with Gasteiger partial charge >= 0.3 is 0 Å². The Balaban J connectivity index is 1.73. The second-order valence-corrected chi connectivity index (χ2v) is 5.77. The van der Waals surface area contributed by atoms with Crippen LogP contribution in [0.2, 0.25) is 0 Å².